The number of carbonyl (C=O) groups excluding carboxylic acids is 1. The molecule has 0 saturated heterocycles. The quantitative estimate of drug-likeness (QED) is 0.611. The fourth-order valence-corrected chi connectivity index (χ4v) is 4.42. The summed E-state index contributed by atoms with van der Waals surface area (Å²) in [6.07, 6.45) is 1.42. The summed E-state index contributed by atoms with van der Waals surface area (Å²) in [7, 11) is 0. The molecule has 2 rings (SSSR count). The van der Waals surface area contributed by atoms with Gasteiger partial charge in [-0.3, -0.25) is 0 Å². The Hall–Kier alpha value is -2.32. The van der Waals surface area contributed by atoms with E-state index in [-0.39, 0.29) is 17.0 Å². The number of nitrogens with two attached hydrogens (primary N) is 1. The standard InChI is InChI=1S/C20H27N5O3S2/c1-11(2)14-7-13(9-21)8-15(12(3)4)17(14)24-18(26)25(30(22)28)19-23-10-16(29-19)20(5,6)27/h7-8,10-12,27H,22H2,1-6H3,(H,24,26)/t30-/m1/s1. The Morgan fingerprint density at radius 1 is 1.30 bits per heavy atom. The average Bonchev–Trinajstić information content (AvgIpc) is 3.10. The summed E-state index contributed by atoms with van der Waals surface area (Å²) in [4.78, 5) is 17.7. The molecular weight excluding hydrogens is 422 g/mol. The molecule has 0 saturated carbocycles. The van der Waals surface area contributed by atoms with Crippen LogP contribution in [-0.4, -0.2) is 20.3 Å². The number of anilines is 2. The molecule has 0 aliphatic heterocycles. The molecule has 8 nitrogen and oxygen atoms in total. The highest BCUT2D eigenvalue weighted by Crippen LogP contribution is 2.35. The number of nitrogens with one attached hydrogen (secondary N) is 1. The van der Waals surface area contributed by atoms with Crippen LogP contribution in [0.25, 0.3) is 0 Å². The van der Waals surface area contributed by atoms with E-state index in [0.717, 1.165) is 26.8 Å². The minimum Gasteiger partial charge on any atom is -0.385 e. The Morgan fingerprint density at radius 2 is 1.83 bits per heavy atom. The highest BCUT2D eigenvalue weighted by atomic mass is 32.2. The molecule has 0 fully saturated rings. The predicted molar refractivity (Wildman–Crippen MR) is 121 cm³/mol. The normalized spacial score (nSPS) is 12.7. The summed E-state index contributed by atoms with van der Waals surface area (Å²) in [5.74, 6) is 0.0640. The topological polar surface area (TPSA) is 132 Å². The van der Waals surface area contributed by atoms with Crippen molar-refractivity contribution in [3.63, 3.8) is 0 Å². The third-order valence-electron chi connectivity index (χ3n) is 4.44. The van der Waals surface area contributed by atoms with Crippen molar-refractivity contribution in [2.45, 2.75) is 59.0 Å². The van der Waals surface area contributed by atoms with E-state index in [9.17, 15) is 19.4 Å². The van der Waals surface area contributed by atoms with Crippen LogP contribution in [0.5, 0.6) is 0 Å². The first kappa shape index (κ1) is 24.0. The van der Waals surface area contributed by atoms with Gasteiger partial charge in [0.25, 0.3) is 0 Å². The molecule has 2 aromatic rings. The molecule has 0 unspecified atom stereocenters. The number of nitriles is 1. The Balaban J connectivity index is 2.52. The van der Waals surface area contributed by atoms with Gasteiger partial charge >= 0.3 is 6.03 Å². The summed E-state index contributed by atoms with van der Waals surface area (Å²) in [6.45, 7) is 11.0. The van der Waals surface area contributed by atoms with E-state index in [1.54, 1.807) is 26.0 Å². The molecule has 1 aromatic carbocycles. The van der Waals surface area contributed by atoms with Crippen molar-refractivity contribution in [3.05, 3.63) is 39.9 Å². The van der Waals surface area contributed by atoms with Crippen LogP contribution >= 0.6 is 11.3 Å². The van der Waals surface area contributed by atoms with Gasteiger partial charge in [0.1, 0.15) is 0 Å². The first-order chi connectivity index (χ1) is 13.9. The van der Waals surface area contributed by atoms with Crippen LogP contribution in [0.4, 0.5) is 15.6 Å². The van der Waals surface area contributed by atoms with Gasteiger partial charge in [-0.1, -0.05) is 39.0 Å². The third kappa shape index (κ3) is 5.23. The number of aliphatic hydroxyl groups is 1. The predicted octanol–water partition coefficient (Wildman–Crippen LogP) is 4.06. The Kier molecular flexibility index (Phi) is 7.36. The van der Waals surface area contributed by atoms with Crippen molar-refractivity contribution in [3.8, 4) is 6.07 Å². The molecule has 30 heavy (non-hydrogen) atoms. The van der Waals surface area contributed by atoms with Crippen LogP contribution in [-0.2, 0) is 16.8 Å². The lowest BCUT2D eigenvalue weighted by Crippen LogP contribution is -2.40. The third-order valence-corrected chi connectivity index (χ3v) is 6.55. The molecule has 1 aromatic heterocycles. The van der Waals surface area contributed by atoms with Crippen molar-refractivity contribution in [1.82, 2.24) is 4.98 Å². The first-order valence-electron chi connectivity index (χ1n) is 9.40. The van der Waals surface area contributed by atoms with Crippen molar-refractivity contribution in [1.29, 1.82) is 5.26 Å². The average molecular weight is 450 g/mol. The minimum absolute atomic E-state index is 0.0320. The van der Waals surface area contributed by atoms with Gasteiger partial charge in [-0.25, -0.2) is 19.1 Å². The van der Waals surface area contributed by atoms with E-state index in [4.69, 9.17) is 5.14 Å². The zero-order valence-corrected chi connectivity index (χ0v) is 19.5. The maximum atomic E-state index is 13.1. The molecule has 2 amide bonds. The number of rotatable bonds is 6. The van der Waals surface area contributed by atoms with Gasteiger partial charge in [0.05, 0.1) is 22.1 Å². The van der Waals surface area contributed by atoms with E-state index in [1.807, 2.05) is 27.7 Å². The molecule has 0 radical (unpaired) electrons. The Bertz CT molecular complexity index is 974. The van der Waals surface area contributed by atoms with Gasteiger partial charge in [-0.15, -0.1) is 0 Å². The first-order valence-corrected chi connectivity index (χ1v) is 11.4. The lowest BCUT2D eigenvalue weighted by Gasteiger charge is -2.23. The van der Waals surface area contributed by atoms with Crippen LogP contribution in [0.15, 0.2) is 18.3 Å². The lowest BCUT2D eigenvalue weighted by molar-refractivity contribution is 0.0823. The molecule has 10 heteroatoms. The number of thiazole rings is 1. The maximum absolute atomic E-state index is 13.1. The molecule has 0 bridgehead atoms. The fraction of sp³-hybridized carbons (Fsp3) is 0.450. The van der Waals surface area contributed by atoms with Crippen LogP contribution in [0.3, 0.4) is 0 Å². The largest absolute Gasteiger partial charge is 0.385 e. The van der Waals surface area contributed by atoms with Crippen molar-refractivity contribution in [2.24, 2.45) is 5.14 Å². The second-order valence-corrected chi connectivity index (χ2v) is 9.94. The fourth-order valence-electron chi connectivity index (χ4n) is 2.85. The molecule has 1 atom stereocenters. The smallest absolute Gasteiger partial charge is 0.341 e. The number of urea groups is 1. The van der Waals surface area contributed by atoms with Crippen LogP contribution < -0.4 is 14.8 Å². The second kappa shape index (κ2) is 9.22. The summed E-state index contributed by atoms with van der Waals surface area (Å²) in [5.41, 5.74) is 1.51. The zero-order valence-electron chi connectivity index (χ0n) is 17.9. The molecule has 0 spiro atoms. The molecule has 0 aliphatic carbocycles. The minimum atomic E-state index is -2.18. The van der Waals surface area contributed by atoms with Gasteiger partial charge in [-0.2, -0.15) is 9.57 Å². The van der Waals surface area contributed by atoms with Crippen LogP contribution in [0.2, 0.25) is 0 Å². The molecule has 0 aliphatic rings. The molecular formula is C20H27N5O3S2. The van der Waals surface area contributed by atoms with E-state index in [0.29, 0.717) is 16.1 Å². The van der Waals surface area contributed by atoms with E-state index >= 15 is 0 Å². The molecule has 162 valence electrons. The Labute approximate surface area is 183 Å². The highest BCUT2D eigenvalue weighted by molar-refractivity contribution is 7.85. The van der Waals surface area contributed by atoms with Gasteiger partial charge in [0.2, 0.25) is 16.3 Å². The Morgan fingerprint density at radius 3 is 2.20 bits per heavy atom. The number of benzene rings is 1. The van der Waals surface area contributed by atoms with Crippen molar-refractivity contribution in [2.75, 3.05) is 9.62 Å². The van der Waals surface area contributed by atoms with Gasteiger partial charge in [0.15, 0.2) is 0 Å². The summed E-state index contributed by atoms with van der Waals surface area (Å²) in [6, 6.07) is 4.93. The highest BCUT2D eigenvalue weighted by Gasteiger charge is 2.28. The van der Waals surface area contributed by atoms with Gasteiger partial charge in [-0.05, 0) is 48.9 Å². The summed E-state index contributed by atoms with van der Waals surface area (Å²) >= 11 is -1.15. The number of hydrogen-bond donors (Lipinski definition) is 3. The number of carbonyl (C=O) groups is 1. The number of nitrogens with zero attached hydrogens (tertiary/aromatic N) is 3. The SMILES string of the molecule is CC(C)c1cc(C#N)cc(C(C)C)c1NC(=O)N(c1ncc(C(C)(C)O)s1)[S@@](N)=O. The molecule has 1 heterocycles. The van der Waals surface area contributed by atoms with Crippen LogP contribution in [0, 0.1) is 11.3 Å². The van der Waals surface area contributed by atoms with Crippen LogP contribution in [0.1, 0.15) is 74.9 Å². The number of hydrogen-bond acceptors (Lipinski definition) is 6. The van der Waals surface area contributed by atoms with Gasteiger partial charge in [0, 0.05) is 11.9 Å². The lowest BCUT2D eigenvalue weighted by atomic mass is 9.90. The monoisotopic (exact) mass is 449 g/mol. The van der Waals surface area contributed by atoms with Crippen molar-refractivity contribution >= 4 is 39.4 Å². The van der Waals surface area contributed by atoms with E-state index in [1.165, 1.54) is 6.20 Å². The number of aromatic nitrogens is 1. The maximum Gasteiger partial charge on any atom is 0.341 e. The van der Waals surface area contributed by atoms with E-state index < -0.39 is 22.8 Å². The number of amides is 2. The van der Waals surface area contributed by atoms with E-state index in [2.05, 4.69) is 16.4 Å². The summed E-state index contributed by atoms with van der Waals surface area (Å²) < 4.78 is 13.0. The van der Waals surface area contributed by atoms with Gasteiger partial charge < -0.3 is 10.4 Å². The zero-order chi connectivity index (χ0) is 22.8. The van der Waals surface area contributed by atoms with Crippen molar-refractivity contribution < 1.29 is 14.1 Å². The summed E-state index contributed by atoms with van der Waals surface area (Å²) in [5, 5.41) is 28.0. The molecule has 4 N–H and O–H groups in total. The second-order valence-electron chi connectivity index (χ2n) is 8.02.